The molecule has 2 aromatic rings. The number of nitrogens with one attached hydrogen (secondary N) is 3. The van der Waals surface area contributed by atoms with Crippen molar-refractivity contribution in [1.82, 2.24) is 20.5 Å². The summed E-state index contributed by atoms with van der Waals surface area (Å²) in [4.78, 5) is 54.9. The Morgan fingerprint density at radius 2 is 1.97 bits per heavy atom. The third kappa shape index (κ3) is 3.63. The second kappa shape index (κ2) is 7.63. The maximum Gasteiger partial charge on any atom is 0.323 e. The van der Waals surface area contributed by atoms with E-state index in [2.05, 4.69) is 32.8 Å². The lowest BCUT2D eigenvalue weighted by Gasteiger charge is -2.26. The van der Waals surface area contributed by atoms with Crippen LogP contribution >= 0.6 is 0 Å². The van der Waals surface area contributed by atoms with Gasteiger partial charge in [0, 0.05) is 30.3 Å². The Morgan fingerprint density at radius 1 is 1.12 bits per heavy atom. The molecule has 1 atom stereocenters. The summed E-state index contributed by atoms with van der Waals surface area (Å²) in [5.74, 6) is 5.84. The molecule has 0 spiro atoms. The fraction of sp³-hybridized carbons (Fsp3) is 0.261. The molecule has 0 aliphatic carbocycles. The molecule has 4 heterocycles. The topological polar surface area (TPSA) is 130 Å². The number of carbonyl (C=O) groups excluding carboxylic acids is 4. The van der Waals surface area contributed by atoms with Crippen molar-refractivity contribution < 1.29 is 23.9 Å². The van der Waals surface area contributed by atoms with E-state index in [1.807, 2.05) is 0 Å². The SMILES string of the molecule is COc1ccc2c(c1)C(=O)N(C[C@@]1(C#Cc3cnc4c(c3)CCC(=O)N4)NC(=O)NC1=O)C2. The van der Waals surface area contributed by atoms with Gasteiger partial charge in [-0.3, -0.25) is 19.7 Å². The van der Waals surface area contributed by atoms with Crippen LogP contribution in [0, 0.1) is 11.8 Å². The Hall–Kier alpha value is -4.39. The van der Waals surface area contributed by atoms with Crippen molar-refractivity contribution in [2.75, 3.05) is 19.0 Å². The molecule has 0 unspecified atom stereocenters. The Labute approximate surface area is 188 Å². The second-order valence-corrected chi connectivity index (χ2v) is 8.03. The molecule has 3 N–H and O–H groups in total. The van der Waals surface area contributed by atoms with Crippen LogP contribution in [-0.2, 0) is 22.6 Å². The van der Waals surface area contributed by atoms with Crippen LogP contribution in [0.25, 0.3) is 0 Å². The molecule has 3 aliphatic rings. The van der Waals surface area contributed by atoms with Crippen molar-refractivity contribution in [3.8, 4) is 17.6 Å². The molecule has 0 radical (unpaired) electrons. The minimum absolute atomic E-state index is 0.0907. The molecule has 33 heavy (non-hydrogen) atoms. The van der Waals surface area contributed by atoms with Crippen LogP contribution in [0.15, 0.2) is 30.5 Å². The highest BCUT2D eigenvalue weighted by atomic mass is 16.5. The lowest BCUT2D eigenvalue weighted by Crippen LogP contribution is -2.54. The molecule has 0 bridgehead atoms. The number of pyridine rings is 1. The smallest absolute Gasteiger partial charge is 0.323 e. The molecule has 1 aromatic carbocycles. The fourth-order valence-electron chi connectivity index (χ4n) is 4.12. The molecule has 1 aromatic heterocycles. The van der Waals surface area contributed by atoms with E-state index in [1.54, 1.807) is 24.3 Å². The number of anilines is 1. The van der Waals surface area contributed by atoms with Crippen molar-refractivity contribution in [3.63, 3.8) is 0 Å². The number of aryl methyl sites for hydroxylation is 1. The average Bonchev–Trinajstić information content (AvgIpc) is 3.26. The first-order valence-electron chi connectivity index (χ1n) is 10.3. The lowest BCUT2D eigenvalue weighted by atomic mass is 9.98. The molecule has 5 amide bonds. The zero-order valence-electron chi connectivity index (χ0n) is 17.7. The van der Waals surface area contributed by atoms with Crippen LogP contribution < -0.4 is 20.7 Å². The largest absolute Gasteiger partial charge is 0.497 e. The number of hydrogen-bond acceptors (Lipinski definition) is 6. The maximum atomic E-state index is 13.0. The zero-order valence-corrected chi connectivity index (χ0v) is 17.7. The Bertz CT molecular complexity index is 1290. The van der Waals surface area contributed by atoms with Gasteiger partial charge in [-0.05, 0) is 35.7 Å². The van der Waals surface area contributed by atoms with Crippen LogP contribution in [0.2, 0.25) is 0 Å². The van der Waals surface area contributed by atoms with Gasteiger partial charge in [0.2, 0.25) is 11.4 Å². The van der Waals surface area contributed by atoms with Crippen LogP contribution in [0.4, 0.5) is 10.6 Å². The van der Waals surface area contributed by atoms with E-state index in [1.165, 1.54) is 18.2 Å². The van der Waals surface area contributed by atoms with E-state index in [-0.39, 0.29) is 24.9 Å². The Balaban J connectivity index is 1.44. The van der Waals surface area contributed by atoms with Crippen LogP contribution in [0.1, 0.15) is 33.5 Å². The number of ether oxygens (including phenoxy) is 1. The number of rotatable bonds is 3. The number of benzene rings is 1. The number of fused-ring (bicyclic) bond motifs is 2. The van der Waals surface area contributed by atoms with Crippen LogP contribution in [0.5, 0.6) is 5.75 Å². The van der Waals surface area contributed by atoms with Gasteiger partial charge in [-0.15, -0.1) is 0 Å². The summed E-state index contributed by atoms with van der Waals surface area (Å²) in [7, 11) is 1.52. The van der Waals surface area contributed by atoms with Crippen molar-refractivity contribution in [1.29, 1.82) is 0 Å². The number of hydrogen-bond donors (Lipinski definition) is 3. The van der Waals surface area contributed by atoms with E-state index in [0.29, 0.717) is 35.5 Å². The number of methoxy groups -OCH3 is 1. The average molecular weight is 445 g/mol. The van der Waals surface area contributed by atoms with Gasteiger partial charge in [-0.1, -0.05) is 17.9 Å². The van der Waals surface area contributed by atoms with Gasteiger partial charge >= 0.3 is 6.03 Å². The fourth-order valence-corrected chi connectivity index (χ4v) is 4.12. The van der Waals surface area contributed by atoms with E-state index in [0.717, 1.165) is 11.1 Å². The summed E-state index contributed by atoms with van der Waals surface area (Å²) in [6.45, 7) is 0.159. The predicted molar refractivity (Wildman–Crippen MR) is 115 cm³/mol. The number of amides is 5. The minimum Gasteiger partial charge on any atom is -0.497 e. The van der Waals surface area contributed by atoms with Gasteiger partial charge in [-0.25, -0.2) is 9.78 Å². The molecule has 10 nitrogen and oxygen atoms in total. The first-order valence-corrected chi connectivity index (χ1v) is 10.3. The third-order valence-electron chi connectivity index (χ3n) is 5.83. The number of nitrogens with zero attached hydrogens (tertiary/aromatic N) is 2. The van der Waals surface area contributed by atoms with Crippen molar-refractivity contribution >= 4 is 29.6 Å². The number of aromatic nitrogens is 1. The number of carbonyl (C=O) groups is 4. The lowest BCUT2D eigenvalue weighted by molar-refractivity contribution is -0.122. The predicted octanol–water partition coefficient (Wildman–Crippen LogP) is 0.561. The summed E-state index contributed by atoms with van der Waals surface area (Å²) in [6.07, 6.45) is 2.38. The van der Waals surface area contributed by atoms with E-state index >= 15 is 0 Å². The Kier molecular flexibility index (Phi) is 4.74. The summed E-state index contributed by atoms with van der Waals surface area (Å²) in [6, 6.07) is 6.34. The summed E-state index contributed by atoms with van der Waals surface area (Å²) >= 11 is 0. The van der Waals surface area contributed by atoms with Gasteiger partial charge in [0.15, 0.2) is 0 Å². The highest BCUT2D eigenvalue weighted by molar-refractivity contribution is 6.10. The first-order chi connectivity index (χ1) is 15.9. The minimum atomic E-state index is -1.61. The molecule has 10 heteroatoms. The van der Waals surface area contributed by atoms with Crippen molar-refractivity contribution in [2.24, 2.45) is 0 Å². The van der Waals surface area contributed by atoms with Crippen LogP contribution in [0.3, 0.4) is 0 Å². The molecular weight excluding hydrogens is 426 g/mol. The van der Waals surface area contributed by atoms with Gasteiger partial charge in [0.05, 0.1) is 13.7 Å². The van der Waals surface area contributed by atoms with E-state index in [4.69, 9.17) is 4.74 Å². The molecule has 3 aliphatic heterocycles. The quantitative estimate of drug-likeness (QED) is 0.468. The summed E-state index contributed by atoms with van der Waals surface area (Å²) in [5.41, 5.74) is 1.05. The molecular formula is C23H19N5O5. The molecule has 1 saturated heterocycles. The normalized spacial score (nSPS) is 20.8. The first kappa shape index (κ1) is 20.5. The second-order valence-electron chi connectivity index (χ2n) is 8.03. The zero-order chi connectivity index (χ0) is 23.2. The summed E-state index contributed by atoms with van der Waals surface area (Å²) in [5, 5.41) is 7.50. The van der Waals surface area contributed by atoms with E-state index in [9.17, 15) is 19.2 Å². The van der Waals surface area contributed by atoms with Crippen molar-refractivity contribution in [3.05, 3.63) is 52.7 Å². The number of urea groups is 1. The van der Waals surface area contributed by atoms with Crippen molar-refractivity contribution in [2.45, 2.75) is 24.9 Å². The standard InChI is InChI=1S/C23H19N5O5/c1-33-16-4-2-15-11-28(20(30)17(15)9-16)12-23(21(31)26-22(32)27-23)7-6-13-8-14-3-5-18(29)25-19(14)24-10-13/h2,4,8-10H,3,5,11-12H2,1H3,(H,24,25,29)(H2,26,27,31,32)/t23-/m1/s1. The Morgan fingerprint density at radius 3 is 2.73 bits per heavy atom. The van der Waals surface area contributed by atoms with Gasteiger partial charge in [0.1, 0.15) is 11.6 Å². The van der Waals surface area contributed by atoms with Gasteiger partial charge in [0.25, 0.3) is 11.8 Å². The summed E-state index contributed by atoms with van der Waals surface area (Å²) < 4.78 is 5.20. The molecule has 166 valence electrons. The molecule has 1 fully saturated rings. The van der Waals surface area contributed by atoms with Crippen LogP contribution in [-0.4, -0.2) is 52.8 Å². The highest BCUT2D eigenvalue weighted by Crippen LogP contribution is 2.28. The third-order valence-corrected chi connectivity index (χ3v) is 5.83. The monoisotopic (exact) mass is 445 g/mol. The van der Waals surface area contributed by atoms with Gasteiger partial charge in [-0.2, -0.15) is 0 Å². The highest BCUT2D eigenvalue weighted by Gasteiger charge is 2.48. The maximum absolute atomic E-state index is 13.0. The van der Waals surface area contributed by atoms with Gasteiger partial charge < -0.3 is 20.3 Å². The molecule has 5 rings (SSSR count). The number of imide groups is 1. The molecule has 0 saturated carbocycles. The van der Waals surface area contributed by atoms with E-state index < -0.39 is 17.5 Å².